The van der Waals surface area contributed by atoms with Gasteiger partial charge >= 0.3 is 12.1 Å². The van der Waals surface area contributed by atoms with Crippen molar-refractivity contribution in [2.24, 2.45) is 5.41 Å². The van der Waals surface area contributed by atoms with E-state index in [9.17, 15) is 18.0 Å². The van der Waals surface area contributed by atoms with Gasteiger partial charge in [0.2, 0.25) is 5.88 Å². The molecule has 2 heterocycles. The highest BCUT2D eigenvalue weighted by atomic mass is 19.4. The van der Waals surface area contributed by atoms with Gasteiger partial charge in [0.15, 0.2) is 11.2 Å². The van der Waals surface area contributed by atoms with Crippen LogP contribution in [0.15, 0.2) is 12.4 Å². The highest BCUT2D eigenvalue weighted by molar-refractivity contribution is 5.77. The fourth-order valence-corrected chi connectivity index (χ4v) is 2.12. The van der Waals surface area contributed by atoms with Gasteiger partial charge in [-0.3, -0.25) is 9.78 Å². The summed E-state index contributed by atoms with van der Waals surface area (Å²) >= 11 is 0. The Kier molecular flexibility index (Phi) is 3.45. The second kappa shape index (κ2) is 4.80. The molecule has 0 radical (unpaired) electrons. The van der Waals surface area contributed by atoms with Gasteiger partial charge in [-0.25, -0.2) is 0 Å². The van der Waals surface area contributed by atoms with Crippen LogP contribution in [0.25, 0.3) is 0 Å². The smallest absolute Gasteiger partial charge is 0.406 e. The molecule has 1 saturated heterocycles. The molecule has 20 heavy (non-hydrogen) atoms. The molecule has 1 unspecified atom stereocenters. The summed E-state index contributed by atoms with van der Waals surface area (Å²) in [5.74, 6) is -1.55. The highest BCUT2D eigenvalue weighted by Crippen LogP contribution is 2.46. The summed E-state index contributed by atoms with van der Waals surface area (Å²) in [6, 6.07) is 0. The minimum atomic E-state index is -4.82. The van der Waals surface area contributed by atoms with Crippen molar-refractivity contribution >= 4 is 11.8 Å². The maximum Gasteiger partial charge on any atom is 0.406 e. The van der Waals surface area contributed by atoms with Gasteiger partial charge in [0.05, 0.1) is 19.5 Å². The third kappa shape index (κ3) is 2.23. The number of anilines is 1. The summed E-state index contributed by atoms with van der Waals surface area (Å²) < 4.78 is 43.9. The number of aromatic nitrogens is 2. The minimum Gasteiger partial charge on any atom is -0.481 e. The van der Waals surface area contributed by atoms with Crippen LogP contribution < -0.4 is 9.64 Å². The first kappa shape index (κ1) is 14.4. The molecule has 0 saturated carbocycles. The lowest BCUT2D eigenvalue weighted by Gasteiger charge is -2.27. The Morgan fingerprint density at radius 1 is 1.50 bits per heavy atom. The van der Waals surface area contributed by atoms with E-state index in [0.717, 1.165) is 0 Å². The summed E-state index contributed by atoms with van der Waals surface area (Å²) in [5.41, 5.74) is -2.77. The van der Waals surface area contributed by atoms with Crippen LogP contribution in [0.3, 0.4) is 0 Å². The largest absolute Gasteiger partial charge is 0.481 e. The van der Waals surface area contributed by atoms with E-state index in [1.807, 2.05) is 0 Å². The molecule has 6 nitrogen and oxygen atoms in total. The summed E-state index contributed by atoms with van der Waals surface area (Å²) in [5, 5.41) is 8.96. The Labute approximate surface area is 112 Å². The van der Waals surface area contributed by atoms with E-state index in [0.29, 0.717) is 0 Å². The van der Waals surface area contributed by atoms with E-state index < -0.39 is 30.5 Å². The van der Waals surface area contributed by atoms with E-state index in [-0.39, 0.29) is 18.2 Å². The van der Waals surface area contributed by atoms with Crippen molar-refractivity contribution in [2.75, 3.05) is 25.1 Å². The third-order valence-electron chi connectivity index (χ3n) is 3.35. The topological polar surface area (TPSA) is 75.5 Å². The zero-order valence-electron chi connectivity index (χ0n) is 10.5. The Hall–Kier alpha value is -2.06. The molecular formula is C11H12F3N3O3. The van der Waals surface area contributed by atoms with Gasteiger partial charge in [0.1, 0.15) is 0 Å². The molecule has 1 aromatic heterocycles. The van der Waals surface area contributed by atoms with E-state index >= 15 is 0 Å². The van der Waals surface area contributed by atoms with Crippen molar-refractivity contribution < 1.29 is 27.8 Å². The number of rotatable bonds is 3. The molecule has 1 N–H and O–H groups in total. The first-order chi connectivity index (χ1) is 9.30. The first-order valence-corrected chi connectivity index (χ1v) is 5.71. The molecule has 1 fully saturated rings. The standard InChI is InChI=1S/C11H12F3N3O3/c1-20-8-5-15-4-7(16-8)17-3-2-10(6-17,9(18)19)11(12,13)14/h4-5H,2-3,6H2,1H3,(H,18,19). The molecule has 1 aromatic rings. The maximum atomic E-state index is 13.0. The minimum absolute atomic E-state index is 0.0618. The fourth-order valence-electron chi connectivity index (χ4n) is 2.12. The van der Waals surface area contributed by atoms with Crippen LogP contribution in [0.4, 0.5) is 19.0 Å². The third-order valence-corrected chi connectivity index (χ3v) is 3.35. The van der Waals surface area contributed by atoms with E-state index in [2.05, 4.69) is 9.97 Å². The summed E-state index contributed by atoms with van der Waals surface area (Å²) in [4.78, 5) is 20.1. The van der Waals surface area contributed by atoms with Crippen LogP contribution in [0.5, 0.6) is 5.88 Å². The van der Waals surface area contributed by atoms with Crippen molar-refractivity contribution in [2.45, 2.75) is 12.6 Å². The average molecular weight is 291 g/mol. The van der Waals surface area contributed by atoms with Gasteiger partial charge < -0.3 is 14.7 Å². The van der Waals surface area contributed by atoms with Gasteiger partial charge in [-0.15, -0.1) is 0 Å². The van der Waals surface area contributed by atoms with Crippen LogP contribution in [-0.2, 0) is 4.79 Å². The van der Waals surface area contributed by atoms with Crippen LogP contribution in [-0.4, -0.2) is 47.4 Å². The predicted molar refractivity (Wildman–Crippen MR) is 61.5 cm³/mol. The number of ether oxygens (including phenoxy) is 1. The number of carboxylic acids is 1. The molecule has 110 valence electrons. The molecule has 9 heteroatoms. The van der Waals surface area contributed by atoms with Gasteiger partial charge in [-0.05, 0) is 6.42 Å². The number of hydrogen-bond acceptors (Lipinski definition) is 5. The summed E-state index contributed by atoms with van der Waals surface area (Å²) in [7, 11) is 1.36. The summed E-state index contributed by atoms with van der Waals surface area (Å²) in [6.07, 6.45) is -2.75. The fraction of sp³-hybridized carbons (Fsp3) is 0.545. The number of hydrogen-bond donors (Lipinski definition) is 1. The number of carbonyl (C=O) groups is 1. The lowest BCUT2D eigenvalue weighted by molar-refractivity contribution is -0.225. The second-order valence-electron chi connectivity index (χ2n) is 4.48. The number of nitrogens with zero attached hydrogens (tertiary/aromatic N) is 3. The Morgan fingerprint density at radius 2 is 2.20 bits per heavy atom. The molecule has 0 aliphatic carbocycles. The molecule has 0 bridgehead atoms. The predicted octanol–water partition coefficient (Wildman–Crippen LogP) is 1.33. The SMILES string of the molecule is COc1cncc(N2CCC(C(=O)O)(C(F)(F)F)C2)n1. The molecule has 1 aliphatic heterocycles. The number of alkyl halides is 3. The molecule has 2 rings (SSSR count). The quantitative estimate of drug-likeness (QED) is 0.905. The number of aliphatic carboxylic acids is 1. The first-order valence-electron chi connectivity index (χ1n) is 5.71. The molecular weight excluding hydrogens is 279 g/mol. The van der Waals surface area contributed by atoms with E-state index in [1.54, 1.807) is 0 Å². The van der Waals surface area contributed by atoms with Gasteiger partial charge in [-0.2, -0.15) is 18.2 Å². The lowest BCUT2D eigenvalue weighted by Crippen LogP contribution is -2.47. The normalized spacial score (nSPS) is 22.9. The Morgan fingerprint density at radius 3 is 2.70 bits per heavy atom. The number of carboxylic acid groups (broad SMARTS) is 1. The number of halogens is 3. The highest BCUT2D eigenvalue weighted by Gasteiger charge is 2.63. The van der Waals surface area contributed by atoms with Crippen LogP contribution in [0, 0.1) is 5.41 Å². The lowest BCUT2D eigenvalue weighted by atomic mass is 9.86. The number of methoxy groups -OCH3 is 1. The summed E-state index contributed by atoms with van der Waals surface area (Å²) in [6.45, 7) is -0.749. The zero-order valence-corrected chi connectivity index (χ0v) is 10.5. The van der Waals surface area contributed by atoms with E-state index in [1.165, 1.54) is 24.4 Å². The van der Waals surface area contributed by atoms with Crippen LogP contribution in [0.1, 0.15) is 6.42 Å². The maximum absolute atomic E-state index is 13.0. The van der Waals surface area contributed by atoms with E-state index in [4.69, 9.17) is 9.84 Å². The Balaban J connectivity index is 2.29. The molecule has 0 spiro atoms. The van der Waals surface area contributed by atoms with Crippen LogP contribution in [0.2, 0.25) is 0 Å². The zero-order chi connectivity index (χ0) is 15.0. The van der Waals surface area contributed by atoms with Crippen molar-refractivity contribution in [3.8, 4) is 5.88 Å². The Bertz CT molecular complexity index is 523. The molecule has 0 aromatic carbocycles. The van der Waals surface area contributed by atoms with Gasteiger partial charge in [-0.1, -0.05) is 0 Å². The van der Waals surface area contributed by atoms with Crippen molar-refractivity contribution in [3.63, 3.8) is 0 Å². The molecule has 1 aliphatic rings. The van der Waals surface area contributed by atoms with Gasteiger partial charge in [0.25, 0.3) is 0 Å². The molecule has 0 amide bonds. The van der Waals surface area contributed by atoms with Gasteiger partial charge in [0, 0.05) is 13.1 Å². The molecule has 1 atom stereocenters. The van der Waals surface area contributed by atoms with Crippen LogP contribution >= 0.6 is 0 Å². The van der Waals surface area contributed by atoms with Crippen molar-refractivity contribution in [1.29, 1.82) is 0 Å². The van der Waals surface area contributed by atoms with Crippen molar-refractivity contribution in [1.82, 2.24) is 9.97 Å². The monoisotopic (exact) mass is 291 g/mol. The van der Waals surface area contributed by atoms with Crippen molar-refractivity contribution in [3.05, 3.63) is 12.4 Å². The average Bonchev–Trinajstić information content (AvgIpc) is 2.85. The second-order valence-corrected chi connectivity index (χ2v) is 4.48.